The second-order valence-electron chi connectivity index (χ2n) is 7.59. The first-order valence-electron chi connectivity index (χ1n) is 9.69. The van der Waals surface area contributed by atoms with Crippen molar-refractivity contribution >= 4 is 26.5 Å². The van der Waals surface area contributed by atoms with Crippen LogP contribution in [0.5, 0.6) is 0 Å². The number of sulfone groups is 1. The van der Waals surface area contributed by atoms with E-state index in [1.165, 1.54) is 21.1 Å². The lowest BCUT2D eigenvalue weighted by molar-refractivity contribution is 0.591. The summed E-state index contributed by atoms with van der Waals surface area (Å²) in [6.07, 6.45) is 3.20. The predicted octanol–water partition coefficient (Wildman–Crippen LogP) is 3.07. The minimum atomic E-state index is -4.04. The molecular formula is C23H22N4O3S. The summed E-state index contributed by atoms with van der Waals surface area (Å²) < 4.78 is 29.7. The lowest BCUT2D eigenvalue weighted by Gasteiger charge is -2.14. The van der Waals surface area contributed by atoms with E-state index in [9.17, 15) is 13.2 Å². The van der Waals surface area contributed by atoms with Gasteiger partial charge in [-0.15, -0.1) is 6.58 Å². The van der Waals surface area contributed by atoms with Gasteiger partial charge in [-0.1, -0.05) is 18.2 Å². The number of benzene rings is 1. The van der Waals surface area contributed by atoms with Crippen LogP contribution in [0.15, 0.2) is 69.8 Å². The molecule has 4 rings (SSSR count). The molecule has 158 valence electrons. The maximum absolute atomic E-state index is 13.5. The van der Waals surface area contributed by atoms with Crippen molar-refractivity contribution in [2.75, 3.05) is 0 Å². The van der Waals surface area contributed by atoms with E-state index in [4.69, 9.17) is 5.41 Å². The van der Waals surface area contributed by atoms with Gasteiger partial charge in [0.15, 0.2) is 0 Å². The van der Waals surface area contributed by atoms with Gasteiger partial charge >= 0.3 is 0 Å². The van der Waals surface area contributed by atoms with Crippen molar-refractivity contribution in [1.29, 1.82) is 5.41 Å². The third-order valence-corrected chi connectivity index (χ3v) is 7.17. The van der Waals surface area contributed by atoms with Crippen molar-refractivity contribution < 1.29 is 8.42 Å². The number of aromatic nitrogens is 3. The maximum atomic E-state index is 13.5. The van der Waals surface area contributed by atoms with Crippen LogP contribution in [0, 0.1) is 26.2 Å². The molecule has 8 heteroatoms. The van der Waals surface area contributed by atoms with Gasteiger partial charge in [-0.05, 0) is 61.7 Å². The minimum absolute atomic E-state index is 0.0818. The van der Waals surface area contributed by atoms with E-state index < -0.39 is 15.4 Å². The van der Waals surface area contributed by atoms with Gasteiger partial charge in [0.1, 0.15) is 21.7 Å². The van der Waals surface area contributed by atoms with Crippen LogP contribution in [0.25, 0.3) is 16.7 Å². The number of nitrogens with one attached hydrogen (secondary N) is 1. The zero-order chi connectivity index (χ0) is 22.5. The zero-order valence-electron chi connectivity index (χ0n) is 17.5. The van der Waals surface area contributed by atoms with Crippen LogP contribution in [0.3, 0.4) is 0 Å². The fourth-order valence-electron chi connectivity index (χ4n) is 3.54. The molecule has 0 bridgehead atoms. The van der Waals surface area contributed by atoms with E-state index in [2.05, 4.69) is 11.6 Å². The van der Waals surface area contributed by atoms with Crippen LogP contribution in [0.4, 0.5) is 0 Å². The molecule has 0 radical (unpaired) electrons. The van der Waals surface area contributed by atoms with Gasteiger partial charge in [0.25, 0.3) is 5.56 Å². The Morgan fingerprint density at radius 2 is 1.84 bits per heavy atom. The third-order valence-electron chi connectivity index (χ3n) is 5.41. The molecule has 3 aromatic heterocycles. The molecule has 31 heavy (non-hydrogen) atoms. The molecule has 0 amide bonds. The first-order valence-corrected chi connectivity index (χ1v) is 11.2. The topological polar surface area (TPSA) is 97.3 Å². The Hall–Kier alpha value is -3.52. The number of aryl methyl sites for hydroxylation is 3. The number of nitrogens with zero attached hydrogens (tertiary/aromatic N) is 3. The van der Waals surface area contributed by atoms with Crippen molar-refractivity contribution in [3.8, 4) is 0 Å². The summed E-state index contributed by atoms with van der Waals surface area (Å²) in [7, 11) is -4.04. The van der Waals surface area contributed by atoms with Crippen molar-refractivity contribution in [3.05, 3.63) is 87.8 Å². The number of hydrogen-bond donors (Lipinski definition) is 1. The summed E-state index contributed by atoms with van der Waals surface area (Å²) >= 11 is 0. The van der Waals surface area contributed by atoms with Gasteiger partial charge in [0.05, 0.1) is 10.3 Å². The number of fused-ring (bicyclic) bond motifs is 2. The maximum Gasteiger partial charge on any atom is 0.267 e. The Morgan fingerprint density at radius 1 is 1.10 bits per heavy atom. The summed E-state index contributed by atoms with van der Waals surface area (Å²) in [6, 6.07) is 9.67. The van der Waals surface area contributed by atoms with Gasteiger partial charge in [0, 0.05) is 12.7 Å². The van der Waals surface area contributed by atoms with Crippen LogP contribution >= 0.6 is 0 Å². The molecular weight excluding hydrogens is 412 g/mol. The van der Waals surface area contributed by atoms with Crippen LogP contribution < -0.4 is 11.0 Å². The Morgan fingerprint density at radius 3 is 2.52 bits per heavy atom. The van der Waals surface area contributed by atoms with E-state index in [1.54, 1.807) is 30.5 Å². The molecule has 0 aliphatic rings. The smallest absolute Gasteiger partial charge is 0.267 e. The molecule has 3 heterocycles. The SMILES string of the molecule is C=CCn1c(=N)c(S(=O)(=O)c2ccc(C)c(C)c2)cc2c(=O)n3cc(C)ccc3nc21. The second-order valence-corrected chi connectivity index (χ2v) is 9.51. The van der Waals surface area contributed by atoms with Gasteiger partial charge < -0.3 is 4.57 Å². The number of allylic oxidation sites excluding steroid dienone is 1. The first-order chi connectivity index (χ1) is 14.6. The second kappa shape index (κ2) is 7.31. The Balaban J connectivity index is 2.14. The molecule has 0 fully saturated rings. The van der Waals surface area contributed by atoms with Gasteiger partial charge in [0.2, 0.25) is 9.84 Å². The Labute approximate surface area is 179 Å². The van der Waals surface area contributed by atoms with E-state index >= 15 is 0 Å². The van der Waals surface area contributed by atoms with E-state index in [0.29, 0.717) is 5.65 Å². The van der Waals surface area contributed by atoms with Crippen molar-refractivity contribution in [3.63, 3.8) is 0 Å². The number of hydrogen-bond acceptors (Lipinski definition) is 5. The van der Waals surface area contributed by atoms with Gasteiger partial charge in [-0.3, -0.25) is 14.6 Å². The van der Waals surface area contributed by atoms with Gasteiger partial charge in [-0.2, -0.15) is 0 Å². The van der Waals surface area contributed by atoms with Crippen LogP contribution in [-0.4, -0.2) is 22.4 Å². The molecule has 1 N–H and O–H groups in total. The summed E-state index contributed by atoms with van der Waals surface area (Å²) in [5.41, 5.74) is 2.70. The molecule has 0 saturated carbocycles. The highest BCUT2D eigenvalue weighted by Gasteiger charge is 2.24. The third kappa shape index (κ3) is 3.29. The van der Waals surface area contributed by atoms with E-state index in [-0.39, 0.29) is 32.9 Å². The van der Waals surface area contributed by atoms with Crippen LogP contribution in [0.1, 0.15) is 16.7 Å². The standard InChI is InChI=1S/C23H22N4O3S/c1-5-10-26-21(24)19(31(29,30)17-8-7-15(3)16(4)11-17)12-18-22(26)25-20-9-6-14(2)13-27(20)23(18)28/h5-9,11-13,24H,1,10H2,2-4H3. The monoisotopic (exact) mass is 434 g/mol. The lowest BCUT2D eigenvalue weighted by atomic mass is 10.1. The van der Waals surface area contributed by atoms with E-state index in [0.717, 1.165) is 16.7 Å². The fraction of sp³-hybridized carbons (Fsp3) is 0.174. The first kappa shape index (κ1) is 20.7. The quantitative estimate of drug-likeness (QED) is 0.394. The number of pyridine rings is 2. The number of rotatable bonds is 4. The van der Waals surface area contributed by atoms with Gasteiger partial charge in [-0.25, -0.2) is 13.4 Å². The van der Waals surface area contributed by atoms with Crippen molar-refractivity contribution in [2.24, 2.45) is 0 Å². The molecule has 1 aromatic carbocycles. The van der Waals surface area contributed by atoms with Crippen molar-refractivity contribution in [1.82, 2.24) is 14.0 Å². The molecule has 0 aliphatic carbocycles. The molecule has 0 saturated heterocycles. The molecule has 0 spiro atoms. The summed E-state index contributed by atoms with van der Waals surface area (Å²) in [5, 5.41) is 8.76. The van der Waals surface area contributed by atoms with Crippen LogP contribution in [0.2, 0.25) is 0 Å². The fourth-order valence-corrected chi connectivity index (χ4v) is 5.01. The summed E-state index contributed by atoms with van der Waals surface area (Å²) in [4.78, 5) is 17.6. The average Bonchev–Trinajstić information content (AvgIpc) is 2.72. The Bertz CT molecular complexity index is 1610. The average molecular weight is 435 g/mol. The summed E-state index contributed by atoms with van der Waals surface area (Å²) in [5.74, 6) is 0. The molecule has 0 aliphatic heterocycles. The highest BCUT2D eigenvalue weighted by Crippen LogP contribution is 2.23. The lowest BCUT2D eigenvalue weighted by Crippen LogP contribution is -2.29. The molecule has 4 aromatic rings. The van der Waals surface area contributed by atoms with E-state index in [1.807, 2.05) is 26.8 Å². The predicted molar refractivity (Wildman–Crippen MR) is 119 cm³/mol. The summed E-state index contributed by atoms with van der Waals surface area (Å²) in [6.45, 7) is 9.43. The highest BCUT2D eigenvalue weighted by molar-refractivity contribution is 7.91. The Kier molecular flexibility index (Phi) is 4.89. The molecule has 0 atom stereocenters. The van der Waals surface area contributed by atoms with Crippen molar-refractivity contribution in [2.45, 2.75) is 37.1 Å². The largest absolute Gasteiger partial charge is 0.306 e. The van der Waals surface area contributed by atoms with Crippen LogP contribution in [-0.2, 0) is 16.4 Å². The molecule has 0 unspecified atom stereocenters. The normalized spacial score (nSPS) is 11.8. The minimum Gasteiger partial charge on any atom is -0.306 e. The zero-order valence-corrected chi connectivity index (χ0v) is 18.3. The molecule has 7 nitrogen and oxygen atoms in total. The highest BCUT2D eigenvalue weighted by atomic mass is 32.2.